The van der Waals surface area contributed by atoms with Crippen molar-refractivity contribution >= 4 is 22.9 Å². The van der Waals surface area contributed by atoms with Crippen molar-refractivity contribution in [2.45, 2.75) is 0 Å². The molecule has 92 valence electrons. The molecule has 0 heterocycles. The minimum Gasteiger partial charge on any atom is -0.207 e. The molecule has 0 fully saturated rings. The van der Waals surface area contributed by atoms with Gasteiger partial charge in [-0.05, 0) is 40.1 Å². The van der Waals surface area contributed by atoms with Gasteiger partial charge in [-0.25, -0.2) is 4.39 Å². The lowest BCUT2D eigenvalue weighted by atomic mass is 10.1. The second-order valence-electron chi connectivity index (χ2n) is 4.49. The first kappa shape index (κ1) is 11.7. The van der Waals surface area contributed by atoms with Crippen molar-refractivity contribution in [3.05, 3.63) is 83.7 Å². The van der Waals surface area contributed by atoms with Crippen LogP contribution in [-0.4, -0.2) is 0 Å². The first-order valence-electron chi connectivity index (χ1n) is 6.24. The van der Waals surface area contributed by atoms with Crippen molar-refractivity contribution in [1.29, 1.82) is 0 Å². The van der Waals surface area contributed by atoms with Crippen LogP contribution >= 0.6 is 0 Å². The summed E-state index contributed by atoms with van der Waals surface area (Å²) in [4.78, 5) is 0. The molecule has 19 heavy (non-hydrogen) atoms. The second kappa shape index (κ2) is 5.07. The number of benzene rings is 3. The van der Waals surface area contributed by atoms with E-state index in [1.807, 2.05) is 30.4 Å². The van der Waals surface area contributed by atoms with E-state index in [1.54, 1.807) is 6.07 Å². The van der Waals surface area contributed by atoms with Crippen LogP contribution in [0.2, 0.25) is 0 Å². The highest BCUT2D eigenvalue weighted by molar-refractivity contribution is 5.85. The van der Waals surface area contributed by atoms with E-state index in [0.717, 1.165) is 11.1 Å². The molecule has 0 bridgehead atoms. The van der Waals surface area contributed by atoms with Crippen LogP contribution in [-0.2, 0) is 0 Å². The second-order valence-corrected chi connectivity index (χ2v) is 4.49. The van der Waals surface area contributed by atoms with Gasteiger partial charge in [-0.15, -0.1) is 0 Å². The van der Waals surface area contributed by atoms with E-state index in [-0.39, 0.29) is 5.82 Å². The zero-order valence-corrected chi connectivity index (χ0v) is 10.4. The molecular formula is C18H13F. The van der Waals surface area contributed by atoms with Gasteiger partial charge in [0.25, 0.3) is 0 Å². The van der Waals surface area contributed by atoms with Crippen molar-refractivity contribution in [1.82, 2.24) is 0 Å². The topological polar surface area (TPSA) is 0 Å². The summed E-state index contributed by atoms with van der Waals surface area (Å²) >= 11 is 0. The molecule has 0 aromatic heterocycles. The van der Waals surface area contributed by atoms with E-state index < -0.39 is 0 Å². The lowest BCUT2D eigenvalue weighted by Crippen LogP contribution is -1.77. The summed E-state index contributed by atoms with van der Waals surface area (Å²) in [7, 11) is 0. The van der Waals surface area contributed by atoms with E-state index in [2.05, 4.69) is 30.3 Å². The Hall–Kier alpha value is -2.41. The van der Waals surface area contributed by atoms with Gasteiger partial charge in [0, 0.05) is 0 Å². The van der Waals surface area contributed by atoms with E-state index in [1.165, 1.54) is 22.9 Å². The molecule has 0 aliphatic rings. The lowest BCUT2D eigenvalue weighted by Gasteiger charge is -1.99. The fourth-order valence-electron chi connectivity index (χ4n) is 2.11. The Bertz CT molecular complexity index is 741. The summed E-state index contributed by atoms with van der Waals surface area (Å²) in [6, 6.07) is 21.1. The van der Waals surface area contributed by atoms with Crippen LogP contribution in [0.1, 0.15) is 11.1 Å². The van der Waals surface area contributed by atoms with Crippen molar-refractivity contribution in [3.8, 4) is 0 Å². The number of hydrogen-bond acceptors (Lipinski definition) is 0. The van der Waals surface area contributed by atoms with Gasteiger partial charge in [-0.2, -0.15) is 0 Å². The molecule has 0 atom stereocenters. The SMILES string of the molecule is Fc1cccc(C=Cc2ccc3ccccc3c2)c1. The molecule has 3 aromatic carbocycles. The van der Waals surface area contributed by atoms with Crippen LogP contribution in [0.5, 0.6) is 0 Å². The van der Waals surface area contributed by atoms with Gasteiger partial charge in [0.2, 0.25) is 0 Å². The Kier molecular flexibility index (Phi) is 3.11. The molecule has 0 amide bonds. The summed E-state index contributed by atoms with van der Waals surface area (Å²) in [6.07, 6.45) is 3.92. The van der Waals surface area contributed by atoms with Gasteiger partial charge in [-0.1, -0.05) is 60.7 Å². The van der Waals surface area contributed by atoms with Gasteiger partial charge in [0.1, 0.15) is 5.82 Å². The van der Waals surface area contributed by atoms with Crippen molar-refractivity contribution in [2.24, 2.45) is 0 Å². The third kappa shape index (κ3) is 2.71. The zero-order chi connectivity index (χ0) is 13.1. The molecule has 3 aromatic rings. The lowest BCUT2D eigenvalue weighted by molar-refractivity contribution is 0.627. The number of halogens is 1. The minimum absolute atomic E-state index is 0.208. The Morgan fingerprint density at radius 3 is 2.16 bits per heavy atom. The molecule has 0 N–H and O–H groups in total. The fourth-order valence-corrected chi connectivity index (χ4v) is 2.11. The average molecular weight is 248 g/mol. The highest BCUT2D eigenvalue weighted by Gasteiger charge is 1.94. The first-order chi connectivity index (χ1) is 9.31. The molecule has 0 nitrogen and oxygen atoms in total. The molecule has 3 rings (SSSR count). The Morgan fingerprint density at radius 2 is 1.37 bits per heavy atom. The normalized spacial score (nSPS) is 11.2. The highest BCUT2D eigenvalue weighted by Crippen LogP contribution is 2.17. The van der Waals surface area contributed by atoms with Crippen LogP contribution in [0.3, 0.4) is 0 Å². The number of rotatable bonds is 2. The van der Waals surface area contributed by atoms with Gasteiger partial charge in [0.05, 0.1) is 0 Å². The predicted molar refractivity (Wildman–Crippen MR) is 79.3 cm³/mol. The molecule has 0 spiro atoms. The monoisotopic (exact) mass is 248 g/mol. The summed E-state index contributed by atoms with van der Waals surface area (Å²) in [6.45, 7) is 0. The first-order valence-corrected chi connectivity index (χ1v) is 6.24. The third-order valence-corrected chi connectivity index (χ3v) is 3.09. The van der Waals surface area contributed by atoms with Crippen LogP contribution in [0, 0.1) is 5.82 Å². The van der Waals surface area contributed by atoms with E-state index in [0.29, 0.717) is 0 Å². The summed E-state index contributed by atoms with van der Waals surface area (Å²) < 4.78 is 13.1. The number of hydrogen-bond donors (Lipinski definition) is 0. The standard InChI is InChI=1S/C18H13F/c19-18-7-3-4-14(13-18)8-9-15-10-11-16-5-1-2-6-17(16)12-15/h1-13H. The molecule has 0 saturated carbocycles. The van der Waals surface area contributed by atoms with E-state index >= 15 is 0 Å². The van der Waals surface area contributed by atoms with Crippen LogP contribution in [0.25, 0.3) is 22.9 Å². The molecule has 0 unspecified atom stereocenters. The Morgan fingerprint density at radius 1 is 0.632 bits per heavy atom. The summed E-state index contributed by atoms with van der Waals surface area (Å²) in [5.41, 5.74) is 1.98. The summed E-state index contributed by atoms with van der Waals surface area (Å²) in [5.74, 6) is -0.208. The molecule has 0 aliphatic carbocycles. The van der Waals surface area contributed by atoms with Crippen molar-refractivity contribution < 1.29 is 4.39 Å². The maximum atomic E-state index is 13.1. The number of fused-ring (bicyclic) bond motifs is 1. The van der Waals surface area contributed by atoms with E-state index in [9.17, 15) is 4.39 Å². The predicted octanol–water partition coefficient (Wildman–Crippen LogP) is 5.15. The van der Waals surface area contributed by atoms with Gasteiger partial charge in [-0.3, -0.25) is 0 Å². The molecule has 0 radical (unpaired) electrons. The Labute approximate surface area is 111 Å². The van der Waals surface area contributed by atoms with Crippen molar-refractivity contribution in [3.63, 3.8) is 0 Å². The minimum atomic E-state index is -0.208. The van der Waals surface area contributed by atoms with Crippen LogP contribution in [0.15, 0.2) is 66.7 Å². The summed E-state index contributed by atoms with van der Waals surface area (Å²) in [5, 5.41) is 2.44. The van der Waals surface area contributed by atoms with Gasteiger partial charge >= 0.3 is 0 Å². The van der Waals surface area contributed by atoms with Gasteiger partial charge < -0.3 is 0 Å². The van der Waals surface area contributed by atoms with Gasteiger partial charge in [0.15, 0.2) is 0 Å². The molecule has 1 heteroatoms. The average Bonchev–Trinajstić information content (AvgIpc) is 2.45. The maximum absolute atomic E-state index is 13.1. The molecule has 0 saturated heterocycles. The van der Waals surface area contributed by atoms with Crippen LogP contribution in [0.4, 0.5) is 4.39 Å². The fraction of sp³-hybridized carbons (Fsp3) is 0. The Balaban J connectivity index is 1.92. The molecule has 0 aliphatic heterocycles. The highest BCUT2D eigenvalue weighted by atomic mass is 19.1. The smallest absolute Gasteiger partial charge is 0.123 e. The van der Waals surface area contributed by atoms with E-state index in [4.69, 9.17) is 0 Å². The largest absolute Gasteiger partial charge is 0.207 e. The quantitative estimate of drug-likeness (QED) is 0.550. The zero-order valence-electron chi connectivity index (χ0n) is 10.4. The maximum Gasteiger partial charge on any atom is 0.123 e. The van der Waals surface area contributed by atoms with Crippen molar-refractivity contribution in [2.75, 3.05) is 0 Å². The molecular weight excluding hydrogens is 235 g/mol. The van der Waals surface area contributed by atoms with Crippen LogP contribution < -0.4 is 0 Å². The third-order valence-electron chi connectivity index (χ3n) is 3.09.